The molecule has 3 aromatic carbocycles. The predicted molar refractivity (Wildman–Crippen MR) is 161 cm³/mol. The first-order chi connectivity index (χ1) is 21.7. The number of amides is 2. The molecule has 1 heterocycles. The van der Waals surface area contributed by atoms with Crippen LogP contribution in [0.3, 0.4) is 0 Å². The summed E-state index contributed by atoms with van der Waals surface area (Å²) in [7, 11) is 0. The number of carbonyl (C=O) groups is 2. The molecule has 2 atom stereocenters. The molecule has 0 radical (unpaired) electrons. The summed E-state index contributed by atoms with van der Waals surface area (Å²) in [6.45, 7) is 7.38. The van der Waals surface area contributed by atoms with Gasteiger partial charge in [0.05, 0.1) is 17.2 Å². The van der Waals surface area contributed by atoms with Crippen LogP contribution in [0, 0.1) is 18.2 Å². The van der Waals surface area contributed by atoms with Crippen LogP contribution in [0.5, 0.6) is 0 Å². The Bertz CT molecular complexity index is 1740. The number of nitrogens with two attached hydrogens (primary N) is 1. The number of ether oxygens (including phenoxy) is 1. The Kier molecular flexibility index (Phi) is 8.70. The first-order valence-corrected chi connectivity index (χ1v) is 14.9. The molecule has 12 heteroatoms. The second-order valence-electron chi connectivity index (χ2n) is 13.0. The van der Waals surface area contributed by atoms with Gasteiger partial charge in [-0.05, 0) is 114 Å². The molecule has 0 spiro atoms. The van der Waals surface area contributed by atoms with Gasteiger partial charge < -0.3 is 10.5 Å². The molecular weight excluding hydrogens is 629 g/mol. The number of nitrogens with zero attached hydrogens (tertiary/aromatic N) is 1. The lowest BCUT2D eigenvalue weighted by Crippen LogP contribution is -2.35. The minimum atomic E-state index is -5.05. The van der Waals surface area contributed by atoms with Crippen molar-refractivity contribution >= 4 is 17.6 Å². The summed E-state index contributed by atoms with van der Waals surface area (Å²) >= 11 is 0. The summed E-state index contributed by atoms with van der Waals surface area (Å²) < 4.78 is 102. The Morgan fingerprint density at radius 1 is 0.957 bits per heavy atom. The highest BCUT2D eigenvalue weighted by Crippen LogP contribution is 2.46. The number of cyclic esters (lactones) is 1. The van der Waals surface area contributed by atoms with Gasteiger partial charge in [-0.3, -0.25) is 9.69 Å². The molecule has 1 fully saturated rings. The maximum absolute atomic E-state index is 15.2. The van der Waals surface area contributed by atoms with Gasteiger partial charge in [-0.25, -0.2) is 9.18 Å². The molecule has 0 bridgehead atoms. The smallest absolute Gasteiger partial charge is 0.416 e. The number of rotatable bonds is 6. The largest absolute Gasteiger partial charge is 0.439 e. The molecule has 0 saturated carbocycles. The summed E-state index contributed by atoms with van der Waals surface area (Å²) in [6, 6.07) is 9.69. The van der Waals surface area contributed by atoms with Crippen LogP contribution in [0.25, 0.3) is 16.7 Å². The zero-order chi connectivity index (χ0) is 34.6. The fraction of sp³-hybridized carbons (Fsp3) is 0.371. The summed E-state index contributed by atoms with van der Waals surface area (Å²) in [5.74, 6) is -1.10. The Balaban J connectivity index is 1.52. The summed E-state index contributed by atoms with van der Waals surface area (Å²) in [6.07, 6.45) is -10.5. The average Bonchev–Trinajstić information content (AvgIpc) is 3.24. The van der Waals surface area contributed by atoms with E-state index in [0.717, 1.165) is 17.6 Å². The number of primary amides is 1. The van der Waals surface area contributed by atoms with E-state index < -0.39 is 59.0 Å². The van der Waals surface area contributed by atoms with Gasteiger partial charge in [-0.15, -0.1) is 0 Å². The van der Waals surface area contributed by atoms with Crippen LogP contribution in [0.15, 0.2) is 60.2 Å². The number of alkyl halides is 6. The fourth-order valence-electron chi connectivity index (χ4n) is 6.46. The van der Waals surface area contributed by atoms with E-state index in [1.165, 1.54) is 24.0 Å². The van der Waals surface area contributed by atoms with Crippen LogP contribution in [0.2, 0.25) is 0 Å². The lowest BCUT2D eigenvalue weighted by atomic mass is 9.72. The number of carbonyl (C=O) groups excluding carboxylic acids is 2. The molecular formula is C35H33F7N2O3. The quantitative estimate of drug-likeness (QED) is 0.267. The van der Waals surface area contributed by atoms with Crippen molar-refractivity contribution in [2.45, 2.75) is 71.5 Å². The third kappa shape index (κ3) is 7.01. The van der Waals surface area contributed by atoms with Gasteiger partial charge in [-0.1, -0.05) is 26.0 Å². The topological polar surface area (TPSA) is 72.6 Å². The van der Waals surface area contributed by atoms with Crippen LogP contribution >= 0.6 is 0 Å². The zero-order valence-electron chi connectivity index (χ0n) is 26.1. The molecule has 0 aromatic heterocycles. The number of benzene rings is 3. The highest BCUT2D eigenvalue weighted by Gasteiger charge is 2.44. The van der Waals surface area contributed by atoms with Gasteiger partial charge in [0.15, 0.2) is 0 Å². The number of halogens is 7. The van der Waals surface area contributed by atoms with Crippen molar-refractivity contribution in [2.24, 2.45) is 11.1 Å². The minimum absolute atomic E-state index is 0.0133. The molecule has 1 aliphatic carbocycles. The van der Waals surface area contributed by atoms with E-state index in [0.29, 0.717) is 47.2 Å². The van der Waals surface area contributed by atoms with Crippen molar-refractivity contribution in [3.8, 4) is 11.1 Å². The van der Waals surface area contributed by atoms with Crippen molar-refractivity contribution < 1.29 is 45.1 Å². The van der Waals surface area contributed by atoms with Gasteiger partial charge in [-0.2, -0.15) is 26.3 Å². The summed E-state index contributed by atoms with van der Waals surface area (Å²) in [4.78, 5) is 26.1. The summed E-state index contributed by atoms with van der Waals surface area (Å²) in [5, 5.41) is 0. The molecule has 47 heavy (non-hydrogen) atoms. The van der Waals surface area contributed by atoms with Crippen LogP contribution in [-0.4, -0.2) is 29.5 Å². The molecule has 1 saturated heterocycles. The second-order valence-corrected chi connectivity index (χ2v) is 13.0. The molecule has 2 N–H and O–H groups in total. The van der Waals surface area contributed by atoms with E-state index in [1.807, 2.05) is 0 Å². The molecule has 250 valence electrons. The monoisotopic (exact) mass is 662 g/mol. The van der Waals surface area contributed by atoms with Gasteiger partial charge in [0.25, 0.3) is 0 Å². The van der Waals surface area contributed by atoms with E-state index in [2.05, 4.69) is 13.8 Å². The van der Waals surface area contributed by atoms with Gasteiger partial charge in [0.2, 0.25) is 5.91 Å². The Hall–Kier alpha value is -4.35. The van der Waals surface area contributed by atoms with E-state index in [1.54, 1.807) is 31.2 Å². The second kappa shape index (κ2) is 12.0. The van der Waals surface area contributed by atoms with Crippen LogP contribution in [-0.2, 0) is 17.1 Å². The Labute approximate surface area is 267 Å². The first-order valence-electron chi connectivity index (χ1n) is 14.9. The zero-order valence-corrected chi connectivity index (χ0v) is 26.1. The number of hydrogen-bond acceptors (Lipinski definition) is 3. The van der Waals surface area contributed by atoms with E-state index in [-0.39, 0.29) is 23.6 Å². The maximum atomic E-state index is 15.2. The third-order valence-electron chi connectivity index (χ3n) is 8.98. The lowest BCUT2D eigenvalue weighted by molar-refractivity contribution is -0.143. The standard InChI is InChI=1S/C35H33F7N2O3/c1-18-11-21(31(43)45)5-7-26(18)28-14-20(6-8-29(28)36)27-9-10-33(3,4)16-23(27)17-44-19(2)30(47-32(44)46)22-12-24(34(37,38)39)15-25(13-22)35(40,41)42/h5-8,11-15,19,30H,9-10,16-17H2,1-4H3,(H2,43,45)/t19-,30-/m0/s1. The van der Waals surface area contributed by atoms with Crippen molar-refractivity contribution in [1.29, 1.82) is 0 Å². The van der Waals surface area contributed by atoms with Crippen molar-refractivity contribution in [2.75, 3.05) is 6.54 Å². The van der Waals surface area contributed by atoms with E-state index >= 15 is 4.39 Å². The third-order valence-corrected chi connectivity index (χ3v) is 8.98. The van der Waals surface area contributed by atoms with Crippen molar-refractivity contribution in [3.05, 3.63) is 99.4 Å². The normalized spacial score (nSPS) is 20.1. The van der Waals surface area contributed by atoms with Crippen molar-refractivity contribution in [3.63, 3.8) is 0 Å². The SMILES string of the molecule is Cc1cc(C(N)=O)ccc1-c1cc(C2=C(CN3C(=O)O[C@H](c4cc(C(F)(F)F)cc(C(F)(F)F)c4)[C@@H]3C)CC(C)(C)CC2)ccc1F. The molecule has 5 rings (SSSR count). The molecule has 5 nitrogen and oxygen atoms in total. The molecule has 0 unspecified atom stereocenters. The number of allylic oxidation sites excluding steroid dienone is 1. The lowest BCUT2D eigenvalue weighted by Gasteiger charge is -2.35. The molecule has 2 aliphatic rings. The van der Waals surface area contributed by atoms with Gasteiger partial charge >= 0.3 is 18.4 Å². The Morgan fingerprint density at radius 3 is 2.17 bits per heavy atom. The molecule has 3 aromatic rings. The minimum Gasteiger partial charge on any atom is -0.439 e. The van der Waals surface area contributed by atoms with E-state index in [9.17, 15) is 35.9 Å². The first kappa shape index (κ1) is 34.0. The van der Waals surface area contributed by atoms with Crippen LogP contribution in [0.1, 0.15) is 84.3 Å². The van der Waals surface area contributed by atoms with Crippen molar-refractivity contribution in [1.82, 2.24) is 4.90 Å². The Morgan fingerprint density at radius 2 is 1.60 bits per heavy atom. The number of aryl methyl sites for hydroxylation is 1. The highest BCUT2D eigenvalue weighted by molar-refractivity contribution is 5.94. The van der Waals surface area contributed by atoms with Gasteiger partial charge in [0.1, 0.15) is 11.9 Å². The average molecular weight is 663 g/mol. The fourth-order valence-corrected chi connectivity index (χ4v) is 6.46. The van der Waals surface area contributed by atoms with E-state index in [4.69, 9.17) is 10.5 Å². The molecule has 1 aliphatic heterocycles. The van der Waals surface area contributed by atoms with Gasteiger partial charge in [0, 0.05) is 17.7 Å². The highest BCUT2D eigenvalue weighted by atomic mass is 19.4. The maximum Gasteiger partial charge on any atom is 0.416 e. The van der Waals surface area contributed by atoms with Crippen LogP contribution in [0.4, 0.5) is 35.5 Å². The van der Waals surface area contributed by atoms with Crippen LogP contribution < -0.4 is 5.73 Å². The predicted octanol–water partition coefficient (Wildman–Crippen LogP) is 9.48. The molecule has 2 amide bonds. The summed E-state index contributed by atoms with van der Waals surface area (Å²) in [5.41, 5.74) is 5.99. The number of hydrogen-bond donors (Lipinski definition) is 1.